The van der Waals surface area contributed by atoms with Crippen LogP contribution in [-0.2, 0) is 4.74 Å². The monoisotopic (exact) mass is 310 g/mol. The third-order valence-electron chi connectivity index (χ3n) is 4.73. The van der Waals surface area contributed by atoms with Gasteiger partial charge in [0, 0.05) is 5.41 Å². The minimum Gasteiger partial charge on any atom is -0.394 e. The molecule has 1 aliphatic rings. The van der Waals surface area contributed by atoms with Crippen LogP contribution in [0.1, 0.15) is 32.6 Å². The molecule has 0 unspecified atom stereocenters. The summed E-state index contributed by atoms with van der Waals surface area (Å²) in [5.74, 6) is 0.541. The second-order valence-corrected chi connectivity index (χ2v) is 6.58. The molecule has 0 radical (unpaired) electrons. The van der Waals surface area contributed by atoms with E-state index in [1.165, 1.54) is 6.33 Å². The normalized spacial score (nSPS) is 28.3. The summed E-state index contributed by atoms with van der Waals surface area (Å²) in [4.78, 5) is 3.97. The molecule has 3 heterocycles. The van der Waals surface area contributed by atoms with Gasteiger partial charge in [0.25, 0.3) is 0 Å². The fraction of sp³-hybridized carbons (Fsp3) is 0.571. The lowest BCUT2D eigenvalue weighted by atomic mass is 9.75. The second kappa shape index (κ2) is 4.83. The zero-order chi connectivity index (χ0) is 15.4. The number of hydrogen-bond acceptors (Lipinski definition) is 5. The summed E-state index contributed by atoms with van der Waals surface area (Å²) in [6.07, 6.45) is 0.976. The Morgan fingerprint density at radius 1 is 1.52 bits per heavy atom. The number of nitrogens with two attached hydrogens (primary N) is 1. The van der Waals surface area contributed by atoms with Crippen molar-refractivity contribution in [2.75, 3.05) is 12.3 Å². The highest BCUT2D eigenvalue weighted by Crippen LogP contribution is 2.51. The maximum absolute atomic E-state index is 9.49. The van der Waals surface area contributed by atoms with E-state index in [-0.39, 0.29) is 30.1 Å². The predicted octanol–water partition coefficient (Wildman–Crippen LogP) is 2.06. The molecule has 7 heteroatoms. The zero-order valence-corrected chi connectivity index (χ0v) is 13.0. The lowest BCUT2D eigenvalue weighted by Gasteiger charge is -2.28. The molecule has 1 fully saturated rings. The zero-order valence-electron chi connectivity index (χ0n) is 12.2. The summed E-state index contributed by atoms with van der Waals surface area (Å²) in [6.45, 7) is 6.32. The van der Waals surface area contributed by atoms with Crippen molar-refractivity contribution in [1.82, 2.24) is 14.6 Å². The number of aromatic nitrogens is 3. The van der Waals surface area contributed by atoms with E-state index >= 15 is 0 Å². The van der Waals surface area contributed by atoms with Crippen LogP contribution in [0.3, 0.4) is 0 Å². The molecule has 0 aromatic carbocycles. The van der Waals surface area contributed by atoms with Crippen LogP contribution in [0.4, 0.5) is 5.82 Å². The van der Waals surface area contributed by atoms with E-state index in [1.807, 2.05) is 6.07 Å². The number of fused-ring (bicyclic) bond motifs is 1. The molecule has 1 aliphatic heterocycles. The van der Waals surface area contributed by atoms with E-state index in [4.69, 9.17) is 22.1 Å². The number of aliphatic hydroxyl groups excluding tert-OH is 1. The largest absolute Gasteiger partial charge is 0.394 e. The van der Waals surface area contributed by atoms with Crippen LogP contribution < -0.4 is 5.73 Å². The molecule has 0 aliphatic carbocycles. The number of ether oxygens (including phenoxy) is 1. The Morgan fingerprint density at radius 2 is 2.24 bits per heavy atom. The first kappa shape index (κ1) is 14.6. The average Bonchev–Trinajstić information content (AvgIpc) is 2.87. The van der Waals surface area contributed by atoms with Gasteiger partial charge in [0.2, 0.25) is 0 Å². The number of nitrogen functional groups attached to an aromatic ring is 1. The molecular weight excluding hydrogens is 292 g/mol. The van der Waals surface area contributed by atoms with Gasteiger partial charge < -0.3 is 15.6 Å². The standard InChI is InChI=1S/C14H19ClN4O2/c1-7-10(5-20)21-12(14(7,2)3)9-4-8(15)11-13(16)17-6-18-19(9)11/h4,6-7,10,12,20H,5H2,1-3H3,(H2,16,17,18)/t7-,10-,12+/m1/s1. The van der Waals surface area contributed by atoms with Crippen molar-refractivity contribution >= 4 is 22.9 Å². The SMILES string of the molecule is C[C@@H]1[C@@H](CO)O[C@@H](c2cc(Cl)c3c(N)ncnn23)C1(C)C. The Labute approximate surface area is 127 Å². The van der Waals surface area contributed by atoms with Gasteiger partial charge in [0.1, 0.15) is 17.9 Å². The van der Waals surface area contributed by atoms with Crippen LogP contribution in [0, 0.1) is 11.3 Å². The first-order chi connectivity index (χ1) is 9.87. The lowest BCUT2D eigenvalue weighted by Crippen LogP contribution is -2.27. The minimum atomic E-state index is -0.223. The molecule has 6 nitrogen and oxygen atoms in total. The summed E-state index contributed by atoms with van der Waals surface area (Å²) >= 11 is 6.28. The van der Waals surface area contributed by atoms with Gasteiger partial charge in [0.15, 0.2) is 5.82 Å². The van der Waals surface area contributed by atoms with Gasteiger partial charge in [-0.15, -0.1) is 0 Å². The first-order valence-electron chi connectivity index (χ1n) is 6.91. The third kappa shape index (κ3) is 2.01. The van der Waals surface area contributed by atoms with Gasteiger partial charge in [-0.05, 0) is 12.0 Å². The number of rotatable bonds is 2. The van der Waals surface area contributed by atoms with E-state index in [1.54, 1.807) is 4.52 Å². The van der Waals surface area contributed by atoms with E-state index in [2.05, 4.69) is 30.9 Å². The van der Waals surface area contributed by atoms with E-state index in [9.17, 15) is 5.11 Å². The maximum atomic E-state index is 9.49. The minimum absolute atomic E-state index is 0.00470. The van der Waals surface area contributed by atoms with Crippen molar-refractivity contribution in [1.29, 1.82) is 0 Å². The molecule has 1 saturated heterocycles. The maximum Gasteiger partial charge on any atom is 0.152 e. The van der Waals surface area contributed by atoms with Crippen molar-refractivity contribution in [3.8, 4) is 0 Å². The Morgan fingerprint density at radius 3 is 2.86 bits per heavy atom. The molecule has 0 amide bonds. The Kier molecular flexibility index (Phi) is 3.35. The molecule has 2 aromatic rings. The highest BCUT2D eigenvalue weighted by molar-refractivity contribution is 6.34. The van der Waals surface area contributed by atoms with Gasteiger partial charge in [0.05, 0.1) is 23.4 Å². The Hall–Kier alpha value is -1.37. The predicted molar refractivity (Wildman–Crippen MR) is 80.1 cm³/mol. The van der Waals surface area contributed by atoms with Gasteiger partial charge >= 0.3 is 0 Å². The molecule has 0 bridgehead atoms. The number of nitrogens with zero attached hydrogens (tertiary/aromatic N) is 3. The fourth-order valence-electron chi connectivity index (χ4n) is 3.07. The molecule has 0 spiro atoms. The molecule has 3 N–H and O–H groups in total. The summed E-state index contributed by atoms with van der Waals surface area (Å²) in [5, 5.41) is 14.2. The van der Waals surface area contributed by atoms with Crippen LogP contribution in [0.25, 0.3) is 5.52 Å². The van der Waals surface area contributed by atoms with Crippen LogP contribution in [0.15, 0.2) is 12.4 Å². The highest BCUT2D eigenvalue weighted by Gasteiger charge is 2.49. The van der Waals surface area contributed by atoms with Crippen LogP contribution in [0.5, 0.6) is 0 Å². The molecule has 2 aromatic heterocycles. The van der Waals surface area contributed by atoms with Gasteiger partial charge in [-0.1, -0.05) is 32.4 Å². The van der Waals surface area contributed by atoms with E-state index < -0.39 is 0 Å². The molecule has 3 rings (SSSR count). The Balaban J connectivity index is 2.15. The molecule has 114 valence electrons. The van der Waals surface area contributed by atoms with Crippen molar-refractivity contribution in [3.63, 3.8) is 0 Å². The van der Waals surface area contributed by atoms with Gasteiger partial charge in [-0.2, -0.15) is 5.10 Å². The summed E-state index contributed by atoms with van der Waals surface area (Å²) in [6, 6.07) is 1.82. The van der Waals surface area contributed by atoms with Crippen molar-refractivity contribution < 1.29 is 9.84 Å². The van der Waals surface area contributed by atoms with Gasteiger partial charge in [-0.25, -0.2) is 9.50 Å². The van der Waals surface area contributed by atoms with Crippen LogP contribution in [0.2, 0.25) is 5.02 Å². The van der Waals surface area contributed by atoms with Gasteiger partial charge in [-0.3, -0.25) is 0 Å². The summed E-state index contributed by atoms with van der Waals surface area (Å²) in [5.41, 5.74) is 7.14. The van der Waals surface area contributed by atoms with Crippen LogP contribution in [-0.4, -0.2) is 32.4 Å². The van der Waals surface area contributed by atoms with Crippen molar-refractivity contribution in [3.05, 3.63) is 23.1 Å². The molecule has 3 atom stereocenters. The number of hydrogen-bond donors (Lipinski definition) is 2. The average molecular weight is 311 g/mol. The lowest BCUT2D eigenvalue weighted by molar-refractivity contribution is -0.0116. The molecular formula is C14H19ClN4O2. The first-order valence-corrected chi connectivity index (χ1v) is 7.29. The topological polar surface area (TPSA) is 85.7 Å². The quantitative estimate of drug-likeness (QED) is 0.886. The molecule has 0 saturated carbocycles. The number of anilines is 1. The Bertz CT molecular complexity index is 685. The van der Waals surface area contributed by atoms with Crippen molar-refractivity contribution in [2.24, 2.45) is 11.3 Å². The van der Waals surface area contributed by atoms with Crippen LogP contribution >= 0.6 is 11.6 Å². The van der Waals surface area contributed by atoms with E-state index in [0.717, 1.165) is 5.69 Å². The molecule has 21 heavy (non-hydrogen) atoms. The fourth-order valence-corrected chi connectivity index (χ4v) is 3.36. The third-order valence-corrected chi connectivity index (χ3v) is 5.02. The summed E-state index contributed by atoms with van der Waals surface area (Å²) < 4.78 is 7.74. The highest BCUT2D eigenvalue weighted by atomic mass is 35.5. The summed E-state index contributed by atoms with van der Waals surface area (Å²) in [7, 11) is 0. The number of halogens is 1. The van der Waals surface area contributed by atoms with E-state index in [0.29, 0.717) is 16.4 Å². The van der Waals surface area contributed by atoms with Crippen molar-refractivity contribution in [2.45, 2.75) is 33.0 Å². The second-order valence-electron chi connectivity index (χ2n) is 6.17. The smallest absolute Gasteiger partial charge is 0.152 e. The number of aliphatic hydroxyl groups is 1.